The van der Waals surface area contributed by atoms with Crippen LogP contribution in [0.3, 0.4) is 0 Å². The van der Waals surface area contributed by atoms with Crippen LogP contribution >= 0.6 is 15.9 Å². The van der Waals surface area contributed by atoms with E-state index in [-0.39, 0.29) is 18.7 Å². The van der Waals surface area contributed by atoms with Crippen LogP contribution in [0.1, 0.15) is 24.2 Å². The van der Waals surface area contributed by atoms with E-state index in [9.17, 15) is 4.79 Å². The fourth-order valence-electron chi connectivity index (χ4n) is 3.53. The topological polar surface area (TPSA) is 87.5 Å². The van der Waals surface area contributed by atoms with E-state index in [4.69, 9.17) is 14.2 Å². The third-order valence-corrected chi connectivity index (χ3v) is 5.94. The van der Waals surface area contributed by atoms with Crippen molar-refractivity contribution < 1.29 is 19.0 Å². The van der Waals surface area contributed by atoms with Gasteiger partial charge >= 0.3 is 6.01 Å². The minimum absolute atomic E-state index is 0.195. The van der Waals surface area contributed by atoms with Gasteiger partial charge in [-0.3, -0.25) is 4.79 Å². The van der Waals surface area contributed by atoms with Gasteiger partial charge in [0.25, 0.3) is 5.91 Å². The molecule has 0 atom stereocenters. The van der Waals surface area contributed by atoms with Crippen molar-refractivity contribution in [3.63, 3.8) is 0 Å². The number of aromatic nitrogens is 3. The molecule has 1 N–H and O–H groups in total. The Kier molecular flexibility index (Phi) is 6.41. The third-order valence-electron chi connectivity index (χ3n) is 5.25. The van der Waals surface area contributed by atoms with Gasteiger partial charge in [0.05, 0.1) is 17.9 Å². The molecule has 0 saturated carbocycles. The summed E-state index contributed by atoms with van der Waals surface area (Å²) in [5.41, 5.74) is 2.80. The van der Waals surface area contributed by atoms with Gasteiger partial charge in [-0.2, -0.15) is 4.98 Å². The number of nitrogens with zero attached hydrogens (tertiary/aromatic N) is 3. The molecule has 1 aliphatic heterocycles. The summed E-state index contributed by atoms with van der Waals surface area (Å²) in [6.07, 6.45) is 0. The quantitative estimate of drug-likeness (QED) is 0.326. The van der Waals surface area contributed by atoms with Crippen LogP contribution < -0.4 is 19.5 Å². The molecular weight excluding hydrogens is 512 g/mol. The van der Waals surface area contributed by atoms with Gasteiger partial charge < -0.3 is 19.5 Å². The zero-order chi connectivity index (χ0) is 24.4. The van der Waals surface area contributed by atoms with E-state index in [1.54, 1.807) is 10.7 Å². The molecule has 0 aliphatic carbocycles. The smallest absolute Gasteiger partial charge is 0.336 e. The maximum absolute atomic E-state index is 12.6. The number of anilines is 1. The zero-order valence-electron chi connectivity index (χ0n) is 19.2. The number of nitrogens with one attached hydrogen (secondary N) is 1. The average Bonchev–Trinajstić information content (AvgIpc) is 3.50. The first-order valence-corrected chi connectivity index (χ1v) is 11.9. The molecule has 2 heterocycles. The summed E-state index contributed by atoms with van der Waals surface area (Å²) in [6, 6.07) is 20.6. The SMILES string of the molecule is CC(C)COc1nc(-c2ccc3c(c2)OCO3)n(-c2ccc(NC(=O)c3ccccc3Br)cc2)n1. The van der Waals surface area contributed by atoms with E-state index in [1.165, 1.54) is 0 Å². The maximum atomic E-state index is 12.6. The van der Waals surface area contributed by atoms with E-state index in [0.29, 0.717) is 41.1 Å². The molecule has 1 amide bonds. The first-order chi connectivity index (χ1) is 17.0. The van der Waals surface area contributed by atoms with Crippen molar-refractivity contribution in [1.29, 1.82) is 0 Å². The van der Waals surface area contributed by atoms with Gasteiger partial charge in [-0.05, 0) is 76.4 Å². The van der Waals surface area contributed by atoms with Crippen LogP contribution in [0.25, 0.3) is 17.1 Å². The van der Waals surface area contributed by atoms with E-state index < -0.39 is 0 Å². The van der Waals surface area contributed by atoms with Gasteiger partial charge in [-0.1, -0.05) is 26.0 Å². The monoisotopic (exact) mass is 534 g/mol. The van der Waals surface area contributed by atoms with Crippen LogP contribution in [0.5, 0.6) is 17.5 Å². The molecule has 4 aromatic rings. The van der Waals surface area contributed by atoms with Gasteiger partial charge in [0.2, 0.25) is 6.79 Å². The fourth-order valence-corrected chi connectivity index (χ4v) is 3.99. The van der Waals surface area contributed by atoms with E-state index in [0.717, 1.165) is 15.7 Å². The Bertz CT molecular complexity index is 1370. The lowest BCUT2D eigenvalue weighted by molar-refractivity contribution is 0.102. The van der Waals surface area contributed by atoms with Crippen LogP contribution in [0.4, 0.5) is 5.69 Å². The first-order valence-electron chi connectivity index (χ1n) is 11.1. The highest BCUT2D eigenvalue weighted by Gasteiger charge is 2.20. The molecule has 1 aromatic heterocycles. The summed E-state index contributed by atoms with van der Waals surface area (Å²) in [4.78, 5) is 17.3. The number of carbonyl (C=O) groups is 1. The second kappa shape index (κ2) is 9.79. The molecule has 0 saturated heterocycles. The van der Waals surface area contributed by atoms with Crippen molar-refractivity contribution in [2.75, 3.05) is 18.7 Å². The van der Waals surface area contributed by atoms with E-state index in [2.05, 4.69) is 45.2 Å². The molecule has 0 fully saturated rings. The predicted molar refractivity (Wildman–Crippen MR) is 135 cm³/mol. The standard InChI is InChI=1S/C26H23BrN4O4/c1-16(2)14-33-26-29-24(17-7-12-22-23(13-17)35-15-34-22)31(30-26)19-10-8-18(9-11-19)28-25(32)20-5-3-4-6-21(20)27/h3-13,16H,14-15H2,1-2H3,(H,28,32). The Labute approximate surface area is 211 Å². The summed E-state index contributed by atoms with van der Waals surface area (Å²) < 4.78 is 19.2. The zero-order valence-corrected chi connectivity index (χ0v) is 20.8. The normalized spacial score (nSPS) is 12.1. The number of benzene rings is 3. The molecule has 0 bridgehead atoms. The second-order valence-electron chi connectivity index (χ2n) is 8.38. The Morgan fingerprint density at radius 2 is 1.86 bits per heavy atom. The van der Waals surface area contributed by atoms with E-state index in [1.807, 2.05) is 60.7 Å². The van der Waals surface area contributed by atoms with Gasteiger partial charge in [-0.25, -0.2) is 4.68 Å². The van der Waals surface area contributed by atoms with Crippen molar-refractivity contribution in [2.45, 2.75) is 13.8 Å². The number of hydrogen-bond donors (Lipinski definition) is 1. The van der Waals surface area contributed by atoms with Crippen molar-refractivity contribution in [2.24, 2.45) is 5.92 Å². The lowest BCUT2D eigenvalue weighted by Gasteiger charge is -2.09. The lowest BCUT2D eigenvalue weighted by Crippen LogP contribution is -2.12. The molecule has 0 unspecified atom stereocenters. The summed E-state index contributed by atoms with van der Waals surface area (Å²) in [5.74, 6) is 2.10. The van der Waals surface area contributed by atoms with Gasteiger partial charge in [0.1, 0.15) is 0 Å². The minimum atomic E-state index is -0.198. The molecule has 178 valence electrons. The summed E-state index contributed by atoms with van der Waals surface area (Å²) in [6.45, 7) is 4.83. The number of carbonyl (C=O) groups excluding carboxylic acids is 1. The van der Waals surface area contributed by atoms with Crippen LogP contribution in [0, 0.1) is 5.92 Å². The van der Waals surface area contributed by atoms with Gasteiger partial charge in [-0.15, -0.1) is 5.10 Å². The van der Waals surface area contributed by atoms with Crippen molar-refractivity contribution in [3.8, 4) is 34.6 Å². The number of fused-ring (bicyclic) bond motifs is 1. The Morgan fingerprint density at radius 1 is 1.09 bits per heavy atom. The minimum Gasteiger partial charge on any atom is -0.462 e. The molecule has 5 rings (SSSR count). The van der Waals surface area contributed by atoms with Crippen LogP contribution in [0.15, 0.2) is 71.2 Å². The Morgan fingerprint density at radius 3 is 2.63 bits per heavy atom. The third kappa shape index (κ3) is 5.00. The predicted octanol–water partition coefficient (Wildman–Crippen LogP) is 5.71. The van der Waals surface area contributed by atoms with Crippen LogP contribution in [-0.2, 0) is 0 Å². The van der Waals surface area contributed by atoms with Crippen LogP contribution in [-0.4, -0.2) is 34.1 Å². The molecule has 0 spiro atoms. The highest BCUT2D eigenvalue weighted by atomic mass is 79.9. The molecular formula is C26H23BrN4O4. The van der Waals surface area contributed by atoms with Gasteiger partial charge in [0, 0.05) is 15.7 Å². The number of hydrogen-bond acceptors (Lipinski definition) is 6. The fraction of sp³-hybridized carbons (Fsp3) is 0.192. The Balaban J connectivity index is 1.44. The second-order valence-corrected chi connectivity index (χ2v) is 9.24. The number of ether oxygens (including phenoxy) is 3. The largest absolute Gasteiger partial charge is 0.462 e. The maximum Gasteiger partial charge on any atom is 0.336 e. The van der Waals surface area contributed by atoms with Crippen molar-refractivity contribution in [1.82, 2.24) is 14.8 Å². The van der Waals surface area contributed by atoms with Crippen molar-refractivity contribution >= 4 is 27.5 Å². The van der Waals surface area contributed by atoms with Crippen molar-refractivity contribution in [3.05, 3.63) is 76.8 Å². The Hall–Kier alpha value is -3.85. The average molecular weight is 535 g/mol. The molecule has 1 aliphatic rings. The first kappa shape index (κ1) is 22.9. The lowest BCUT2D eigenvalue weighted by atomic mass is 10.2. The highest BCUT2D eigenvalue weighted by molar-refractivity contribution is 9.10. The number of amides is 1. The molecule has 0 radical (unpaired) electrons. The number of rotatable bonds is 7. The highest BCUT2D eigenvalue weighted by Crippen LogP contribution is 2.36. The van der Waals surface area contributed by atoms with Gasteiger partial charge in [0.15, 0.2) is 17.3 Å². The van der Waals surface area contributed by atoms with E-state index >= 15 is 0 Å². The molecule has 35 heavy (non-hydrogen) atoms. The number of halogens is 1. The summed E-state index contributed by atoms with van der Waals surface area (Å²) in [5, 5.41) is 7.51. The van der Waals surface area contributed by atoms with Crippen LogP contribution in [0.2, 0.25) is 0 Å². The summed E-state index contributed by atoms with van der Waals surface area (Å²) >= 11 is 3.42. The summed E-state index contributed by atoms with van der Waals surface area (Å²) in [7, 11) is 0. The molecule has 9 heteroatoms. The molecule has 8 nitrogen and oxygen atoms in total. The molecule has 3 aromatic carbocycles.